The highest BCUT2D eigenvalue weighted by atomic mass is 79.9. The van der Waals surface area contributed by atoms with Crippen molar-refractivity contribution in [1.29, 1.82) is 0 Å². The molecule has 1 aromatic heterocycles. The number of rotatable bonds is 4. The molecule has 5 nitrogen and oxygen atoms in total. The Balaban J connectivity index is 2.29. The fourth-order valence-corrected chi connectivity index (χ4v) is 1.73. The topological polar surface area (TPSA) is 70.3 Å². The Morgan fingerprint density at radius 1 is 1.32 bits per heavy atom. The first-order valence-electron chi connectivity index (χ1n) is 5.34. The molecule has 0 aliphatic carbocycles. The number of ether oxygens (including phenoxy) is 2. The molecule has 0 aliphatic rings. The Morgan fingerprint density at radius 2 is 2.11 bits per heavy atom. The van der Waals surface area contributed by atoms with E-state index >= 15 is 0 Å². The SMILES string of the molecule is COCc1nc(N)cc(Oc2cc(F)ccc2Br)n1. The average Bonchev–Trinajstić information content (AvgIpc) is 2.33. The summed E-state index contributed by atoms with van der Waals surface area (Å²) < 4.78 is 24.2. The summed E-state index contributed by atoms with van der Waals surface area (Å²) in [5.41, 5.74) is 5.64. The van der Waals surface area contributed by atoms with E-state index in [2.05, 4.69) is 25.9 Å². The second kappa shape index (κ2) is 5.94. The molecule has 2 aromatic rings. The van der Waals surface area contributed by atoms with Crippen LogP contribution in [0.2, 0.25) is 0 Å². The summed E-state index contributed by atoms with van der Waals surface area (Å²) >= 11 is 3.26. The standard InChI is InChI=1S/C12H11BrFN3O2/c1-18-6-11-16-10(15)5-12(17-11)19-9-4-7(14)2-3-8(9)13/h2-5H,6H2,1H3,(H2,15,16,17). The maximum absolute atomic E-state index is 13.2. The molecule has 0 unspecified atom stereocenters. The number of hydrogen-bond acceptors (Lipinski definition) is 5. The number of anilines is 1. The van der Waals surface area contributed by atoms with Gasteiger partial charge in [-0.15, -0.1) is 0 Å². The van der Waals surface area contributed by atoms with E-state index in [1.165, 1.54) is 25.3 Å². The van der Waals surface area contributed by atoms with Gasteiger partial charge in [-0.05, 0) is 28.1 Å². The highest BCUT2D eigenvalue weighted by Crippen LogP contribution is 2.29. The van der Waals surface area contributed by atoms with Gasteiger partial charge in [0.05, 0.1) is 4.47 Å². The van der Waals surface area contributed by atoms with Crippen LogP contribution in [0.3, 0.4) is 0 Å². The maximum atomic E-state index is 13.2. The van der Waals surface area contributed by atoms with Crippen LogP contribution in [0.5, 0.6) is 11.6 Å². The monoisotopic (exact) mass is 327 g/mol. The van der Waals surface area contributed by atoms with E-state index in [-0.39, 0.29) is 18.3 Å². The van der Waals surface area contributed by atoms with Crippen molar-refractivity contribution >= 4 is 21.7 Å². The first kappa shape index (κ1) is 13.7. The number of aromatic nitrogens is 2. The number of nitrogens with two attached hydrogens (primary N) is 1. The molecular formula is C12H11BrFN3O2. The predicted octanol–water partition coefficient (Wildman–Crippen LogP) is 2.90. The van der Waals surface area contributed by atoms with Crippen LogP contribution in [-0.2, 0) is 11.3 Å². The second-order valence-electron chi connectivity index (χ2n) is 3.66. The van der Waals surface area contributed by atoms with E-state index < -0.39 is 5.82 Å². The summed E-state index contributed by atoms with van der Waals surface area (Å²) in [7, 11) is 1.52. The molecule has 100 valence electrons. The Bertz CT molecular complexity index is 595. The summed E-state index contributed by atoms with van der Waals surface area (Å²) in [5, 5.41) is 0. The molecule has 7 heteroatoms. The molecule has 1 aromatic carbocycles. The first-order valence-corrected chi connectivity index (χ1v) is 6.13. The van der Waals surface area contributed by atoms with Gasteiger partial charge < -0.3 is 15.2 Å². The van der Waals surface area contributed by atoms with Crippen molar-refractivity contribution in [3.8, 4) is 11.6 Å². The van der Waals surface area contributed by atoms with E-state index in [4.69, 9.17) is 15.2 Å². The van der Waals surface area contributed by atoms with Gasteiger partial charge in [-0.2, -0.15) is 4.98 Å². The minimum atomic E-state index is -0.405. The van der Waals surface area contributed by atoms with Crippen molar-refractivity contribution in [2.24, 2.45) is 0 Å². The lowest BCUT2D eigenvalue weighted by Gasteiger charge is -2.08. The molecule has 2 rings (SSSR count). The summed E-state index contributed by atoms with van der Waals surface area (Å²) in [4.78, 5) is 8.09. The fraction of sp³-hybridized carbons (Fsp3) is 0.167. The number of halogens is 2. The van der Waals surface area contributed by atoms with Crippen LogP contribution in [0.4, 0.5) is 10.2 Å². The summed E-state index contributed by atoms with van der Waals surface area (Å²) in [6.07, 6.45) is 0. The Morgan fingerprint density at radius 3 is 2.84 bits per heavy atom. The molecule has 1 heterocycles. The van der Waals surface area contributed by atoms with Crippen LogP contribution in [0, 0.1) is 5.82 Å². The van der Waals surface area contributed by atoms with Gasteiger partial charge in [0, 0.05) is 19.2 Å². The van der Waals surface area contributed by atoms with Crippen molar-refractivity contribution < 1.29 is 13.9 Å². The third-order valence-corrected chi connectivity index (χ3v) is 2.81. The molecule has 0 atom stereocenters. The summed E-state index contributed by atoms with van der Waals surface area (Å²) in [6, 6.07) is 5.57. The molecule has 0 radical (unpaired) electrons. The van der Waals surface area contributed by atoms with Crippen molar-refractivity contribution in [1.82, 2.24) is 9.97 Å². The second-order valence-corrected chi connectivity index (χ2v) is 4.51. The van der Waals surface area contributed by atoms with Gasteiger partial charge in [-0.3, -0.25) is 0 Å². The Labute approximate surface area is 117 Å². The molecule has 0 bridgehead atoms. The highest BCUT2D eigenvalue weighted by Gasteiger charge is 2.08. The average molecular weight is 328 g/mol. The first-order chi connectivity index (χ1) is 9.08. The van der Waals surface area contributed by atoms with Gasteiger partial charge in [-0.25, -0.2) is 9.37 Å². The van der Waals surface area contributed by atoms with Gasteiger partial charge >= 0.3 is 0 Å². The Hall–Kier alpha value is -1.73. The normalized spacial score (nSPS) is 10.5. The van der Waals surface area contributed by atoms with Gasteiger partial charge in [0.2, 0.25) is 5.88 Å². The van der Waals surface area contributed by atoms with Crippen LogP contribution in [0.15, 0.2) is 28.7 Å². The molecule has 0 fully saturated rings. The van der Waals surface area contributed by atoms with Crippen molar-refractivity contribution in [3.63, 3.8) is 0 Å². The maximum Gasteiger partial charge on any atom is 0.224 e. The van der Waals surface area contributed by atoms with E-state index in [0.717, 1.165) is 0 Å². The van der Waals surface area contributed by atoms with Crippen LogP contribution in [0.1, 0.15) is 5.82 Å². The summed E-state index contributed by atoms with van der Waals surface area (Å²) in [6.45, 7) is 0.214. The zero-order valence-electron chi connectivity index (χ0n) is 10.1. The van der Waals surface area contributed by atoms with Crippen molar-refractivity contribution in [2.75, 3.05) is 12.8 Å². The molecule has 0 saturated carbocycles. The van der Waals surface area contributed by atoms with E-state index in [1.807, 2.05) is 0 Å². The fourth-order valence-electron chi connectivity index (χ4n) is 1.41. The number of nitrogens with zero attached hydrogens (tertiary/aromatic N) is 2. The molecule has 0 aliphatic heterocycles. The van der Waals surface area contributed by atoms with E-state index in [1.54, 1.807) is 6.07 Å². The minimum absolute atomic E-state index is 0.214. The zero-order valence-corrected chi connectivity index (χ0v) is 11.6. The van der Waals surface area contributed by atoms with Crippen LogP contribution >= 0.6 is 15.9 Å². The van der Waals surface area contributed by atoms with Crippen molar-refractivity contribution in [3.05, 3.63) is 40.4 Å². The predicted molar refractivity (Wildman–Crippen MR) is 71.3 cm³/mol. The molecule has 0 amide bonds. The van der Waals surface area contributed by atoms with Gasteiger partial charge in [0.25, 0.3) is 0 Å². The lowest BCUT2D eigenvalue weighted by molar-refractivity contribution is 0.177. The number of benzene rings is 1. The summed E-state index contributed by atoms with van der Waals surface area (Å²) in [5.74, 6) is 0.777. The smallest absolute Gasteiger partial charge is 0.224 e. The lowest BCUT2D eigenvalue weighted by atomic mass is 10.3. The molecule has 2 N–H and O–H groups in total. The number of hydrogen-bond donors (Lipinski definition) is 1. The van der Waals surface area contributed by atoms with E-state index in [0.29, 0.717) is 16.0 Å². The number of methoxy groups -OCH3 is 1. The largest absolute Gasteiger partial charge is 0.438 e. The van der Waals surface area contributed by atoms with Gasteiger partial charge in [-0.1, -0.05) is 0 Å². The van der Waals surface area contributed by atoms with Crippen LogP contribution in [-0.4, -0.2) is 17.1 Å². The molecular weight excluding hydrogens is 317 g/mol. The van der Waals surface area contributed by atoms with E-state index in [9.17, 15) is 4.39 Å². The highest BCUT2D eigenvalue weighted by molar-refractivity contribution is 9.10. The quantitative estimate of drug-likeness (QED) is 0.934. The minimum Gasteiger partial charge on any atom is -0.438 e. The zero-order chi connectivity index (χ0) is 13.8. The third-order valence-electron chi connectivity index (χ3n) is 2.15. The van der Waals surface area contributed by atoms with Crippen LogP contribution < -0.4 is 10.5 Å². The lowest BCUT2D eigenvalue weighted by Crippen LogP contribution is -2.02. The molecule has 19 heavy (non-hydrogen) atoms. The Kier molecular flexibility index (Phi) is 4.28. The van der Waals surface area contributed by atoms with Gasteiger partial charge in [0.1, 0.15) is 24.0 Å². The third kappa shape index (κ3) is 3.62. The van der Waals surface area contributed by atoms with Gasteiger partial charge in [0.15, 0.2) is 5.82 Å². The number of nitrogen functional groups attached to an aromatic ring is 1. The molecule has 0 saturated heterocycles. The molecule has 0 spiro atoms. The van der Waals surface area contributed by atoms with Crippen LogP contribution in [0.25, 0.3) is 0 Å². The van der Waals surface area contributed by atoms with Crippen molar-refractivity contribution in [2.45, 2.75) is 6.61 Å².